The molecule has 0 N–H and O–H groups in total. The van der Waals surface area contributed by atoms with Gasteiger partial charge in [-0.1, -0.05) is 24.3 Å². The summed E-state index contributed by atoms with van der Waals surface area (Å²) >= 11 is 0. The minimum absolute atomic E-state index is 0.167. The second kappa shape index (κ2) is 4.40. The zero-order valence-corrected chi connectivity index (χ0v) is 9.28. The molecule has 0 aliphatic heterocycles. The Labute approximate surface area is 102 Å². The minimum Gasteiger partial charge on any atom is -0.264 e. The maximum atomic E-state index is 10.8. The molecule has 0 aliphatic carbocycles. The van der Waals surface area contributed by atoms with Crippen molar-refractivity contribution in [3.63, 3.8) is 0 Å². The molecule has 1 atom stereocenters. The van der Waals surface area contributed by atoms with Gasteiger partial charge in [-0.05, 0) is 10.8 Å². The van der Waals surface area contributed by atoms with Crippen LogP contribution in [0.5, 0.6) is 0 Å². The Kier molecular flexibility index (Phi) is 2.93. The summed E-state index contributed by atoms with van der Waals surface area (Å²) in [6, 6.07) is 8.20. The van der Waals surface area contributed by atoms with E-state index < -0.39 is 15.9 Å². The van der Waals surface area contributed by atoms with Gasteiger partial charge >= 0.3 is 0 Å². The molecule has 0 spiro atoms. The van der Waals surface area contributed by atoms with Crippen LogP contribution in [0.25, 0.3) is 10.8 Å². The predicted octanol–water partition coefficient (Wildman–Crippen LogP) is 2.90. The summed E-state index contributed by atoms with van der Waals surface area (Å²) in [6.45, 7) is 3.44. The molecule has 0 aliphatic rings. The lowest BCUT2D eigenvalue weighted by Crippen LogP contribution is -2.07. The van der Waals surface area contributed by atoms with Crippen LogP contribution in [0, 0.1) is 27.2 Å². The maximum absolute atomic E-state index is 10.8. The first-order valence-electron chi connectivity index (χ1n) is 5.14. The van der Waals surface area contributed by atoms with E-state index in [1.54, 1.807) is 24.3 Å². The summed E-state index contributed by atoms with van der Waals surface area (Å²) in [4.78, 5) is 20.5. The number of nitro groups is 2. The Hall–Kier alpha value is -2.50. The second-order valence-corrected chi connectivity index (χ2v) is 3.81. The van der Waals surface area contributed by atoms with Gasteiger partial charge in [0, 0.05) is 29.5 Å². The zero-order chi connectivity index (χ0) is 13.3. The van der Waals surface area contributed by atoms with Gasteiger partial charge in [0.05, 0.1) is 4.92 Å². The van der Waals surface area contributed by atoms with Crippen LogP contribution in [0.2, 0.25) is 0 Å². The third-order valence-corrected chi connectivity index (χ3v) is 2.70. The van der Waals surface area contributed by atoms with Crippen molar-refractivity contribution in [1.29, 1.82) is 0 Å². The molecule has 0 saturated carbocycles. The van der Waals surface area contributed by atoms with Gasteiger partial charge < -0.3 is 0 Å². The quantitative estimate of drug-likeness (QED) is 0.614. The third-order valence-electron chi connectivity index (χ3n) is 2.70. The molecule has 6 nitrogen and oxygen atoms in total. The molecule has 2 rings (SSSR count). The van der Waals surface area contributed by atoms with Crippen molar-refractivity contribution in [1.82, 2.24) is 0 Å². The zero-order valence-electron chi connectivity index (χ0n) is 9.28. The van der Waals surface area contributed by atoms with Crippen molar-refractivity contribution in [2.45, 2.75) is 6.04 Å². The molecule has 0 heterocycles. The fourth-order valence-electron chi connectivity index (χ4n) is 1.82. The lowest BCUT2D eigenvalue weighted by Gasteiger charge is -2.08. The monoisotopic (exact) mass is 245 g/mol. The molecule has 2 aromatic rings. The van der Waals surface area contributed by atoms with Gasteiger partial charge in [0.1, 0.15) is 0 Å². The van der Waals surface area contributed by atoms with Crippen LogP contribution in [0.4, 0.5) is 5.69 Å². The van der Waals surface area contributed by atoms with Gasteiger partial charge in [-0.3, -0.25) is 20.2 Å². The molecule has 1 unspecified atom stereocenters. The van der Waals surface area contributed by atoms with Gasteiger partial charge in [0.25, 0.3) is 5.69 Å². The predicted molar refractivity (Wildman–Crippen MR) is 65.7 cm³/mol. The first-order chi connectivity index (χ1) is 8.50. The van der Waals surface area contributed by atoms with Crippen molar-refractivity contribution in [2.75, 3.05) is 0 Å². The van der Waals surface area contributed by atoms with Gasteiger partial charge in [0.15, 0.2) is 0 Å². The van der Waals surface area contributed by atoms with Crippen molar-refractivity contribution < 1.29 is 9.85 Å². The van der Waals surface area contributed by atoms with Crippen LogP contribution < -0.4 is 0 Å². The Morgan fingerprint density at radius 3 is 2.39 bits per heavy atom. The highest BCUT2D eigenvalue weighted by Gasteiger charge is 2.22. The Morgan fingerprint density at radius 2 is 1.78 bits per heavy atom. The molecule has 0 amide bonds. The summed E-state index contributed by atoms with van der Waals surface area (Å²) < 4.78 is 0. The number of rotatable bonds is 3. The van der Waals surface area contributed by atoms with Crippen LogP contribution in [-0.2, 0) is 0 Å². The van der Waals surface area contributed by atoms with E-state index in [2.05, 4.69) is 6.92 Å². The lowest BCUT2D eigenvalue weighted by molar-refractivity contribution is -0.516. The van der Waals surface area contributed by atoms with Crippen LogP contribution in [-0.4, -0.2) is 9.85 Å². The molecular weight excluding hydrogens is 236 g/mol. The number of non-ortho nitro benzene ring substituents is 1. The molecule has 0 fully saturated rings. The van der Waals surface area contributed by atoms with Crippen molar-refractivity contribution in [2.24, 2.45) is 0 Å². The minimum atomic E-state index is -1.23. The molecular formula is C12H9N2O4. The average molecular weight is 245 g/mol. The normalized spacial score (nSPS) is 12.3. The van der Waals surface area contributed by atoms with Crippen molar-refractivity contribution >= 4 is 16.5 Å². The summed E-state index contributed by atoms with van der Waals surface area (Å²) in [5.74, 6) is 0. The number of hydrogen-bond donors (Lipinski definition) is 0. The van der Waals surface area contributed by atoms with E-state index in [1.165, 1.54) is 12.1 Å². The number of nitro benzene ring substituents is 1. The standard InChI is InChI=1S/C12H9N2O4/c1-8(13(15)16)12-7-10(14(17)18)6-9-4-2-3-5-11(9)12/h2-8H,1H2. The molecule has 0 bridgehead atoms. The van der Waals surface area contributed by atoms with E-state index in [0.29, 0.717) is 10.8 Å². The van der Waals surface area contributed by atoms with Gasteiger partial charge in [-0.25, -0.2) is 0 Å². The highest BCUT2D eigenvalue weighted by atomic mass is 16.6. The number of benzene rings is 2. The SMILES string of the molecule is [CH2]C(c1cc([N+](=O)[O-])cc2ccccc12)[N+](=O)[O-]. The smallest absolute Gasteiger partial charge is 0.264 e. The Balaban J connectivity index is 2.76. The van der Waals surface area contributed by atoms with Crippen LogP contribution in [0.1, 0.15) is 11.6 Å². The maximum Gasteiger partial charge on any atom is 0.270 e. The van der Waals surface area contributed by atoms with Crippen LogP contribution in [0.3, 0.4) is 0 Å². The molecule has 91 valence electrons. The number of hydrogen-bond acceptors (Lipinski definition) is 4. The topological polar surface area (TPSA) is 86.3 Å². The van der Waals surface area contributed by atoms with E-state index in [9.17, 15) is 20.2 Å². The lowest BCUT2D eigenvalue weighted by atomic mass is 9.99. The van der Waals surface area contributed by atoms with Gasteiger partial charge in [0.2, 0.25) is 6.04 Å². The molecule has 6 heteroatoms. The van der Waals surface area contributed by atoms with E-state index in [-0.39, 0.29) is 11.3 Å². The van der Waals surface area contributed by atoms with Crippen LogP contribution in [0.15, 0.2) is 36.4 Å². The number of nitrogens with zero attached hydrogens (tertiary/aromatic N) is 2. The highest BCUT2D eigenvalue weighted by Crippen LogP contribution is 2.30. The average Bonchev–Trinajstić information content (AvgIpc) is 2.36. The third kappa shape index (κ3) is 2.00. The summed E-state index contributed by atoms with van der Waals surface area (Å²) in [5.41, 5.74) is 0.0870. The molecule has 0 aromatic heterocycles. The van der Waals surface area contributed by atoms with Crippen LogP contribution >= 0.6 is 0 Å². The fraction of sp³-hybridized carbons (Fsp3) is 0.0833. The largest absolute Gasteiger partial charge is 0.270 e. The molecule has 0 saturated heterocycles. The number of fused-ring (bicyclic) bond motifs is 1. The first-order valence-corrected chi connectivity index (χ1v) is 5.14. The first kappa shape index (κ1) is 12.0. The van der Waals surface area contributed by atoms with Gasteiger partial charge in [-0.2, -0.15) is 0 Å². The Bertz CT molecular complexity index is 639. The Morgan fingerprint density at radius 1 is 1.11 bits per heavy atom. The van der Waals surface area contributed by atoms with Crippen molar-refractivity contribution in [3.8, 4) is 0 Å². The van der Waals surface area contributed by atoms with E-state index in [1.807, 2.05) is 0 Å². The van der Waals surface area contributed by atoms with E-state index in [4.69, 9.17) is 0 Å². The summed E-state index contributed by atoms with van der Waals surface area (Å²) in [7, 11) is 0. The van der Waals surface area contributed by atoms with E-state index in [0.717, 1.165) is 0 Å². The second-order valence-electron chi connectivity index (χ2n) is 3.81. The summed E-state index contributed by atoms with van der Waals surface area (Å²) in [5, 5.41) is 22.8. The van der Waals surface area contributed by atoms with E-state index >= 15 is 0 Å². The highest BCUT2D eigenvalue weighted by molar-refractivity contribution is 5.88. The van der Waals surface area contributed by atoms with Gasteiger partial charge in [-0.15, -0.1) is 0 Å². The molecule has 2 aromatic carbocycles. The fourth-order valence-corrected chi connectivity index (χ4v) is 1.82. The molecule has 18 heavy (non-hydrogen) atoms. The summed E-state index contributed by atoms with van der Waals surface area (Å²) in [6.07, 6.45) is 0. The molecule has 1 radical (unpaired) electrons. The van der Waals surface area contributed by atoms with Crippen molar-refractivity contribution in [3.05, 3.63) is 69.1 Å².